The van der Waals surface area contributed by atoms with Crippen LogP contribution in [0.3, 0.4) is 0 Å². The molecule has 0 amide bonds. The van der Waals surface area contributed by atoms with Gasteiger partial charge >= 0.3 is 5.97 Å². The molecule has 11 heavy (non-hydrogen) atoms. The fraction of sp³-hybridized carbons (Fsp3) is 0.857. The van der Waals surface area contributed by atoms with E-state index in [9.17, 15) is 4.79 Å². The highest BCUT2D eigenvalue weighted by Crippen LogP contribution is 2.12. The van der Waals surface area contributed by atoms with Gasteiger partial charge in [-0.2, -0.15) is 0 Å². The van der Waals surface area contributed by atoms with Crippen LogP contribution in [-0.2, 0) is 9.22 Å². The number of aliphatic carboxylic acids is 1. The zero-order valence-corrected chi connectivity index (χ0v) is 8.39. The third-order valence-corrected chi connectivity index (χ3v) is 4.00. The van der Waals surface area contributed by atoms with Crippen molar-refractivity contribution in [2.75, 3.05) is 6.61 Å². The minimum Gasteiger partial charge on any atom is -0.481 e. The standard InChI is InChI=1S/C7H16O3Si/c1-4-10-11(2,3)6-5-7(8)9/h4-6H2,1-3H3,(H,8,9). The first-order valence-electron chi connectivity index (χ1n) is 3.83. The molecule has 0 radical (unpaired) electrons. The van der Waals surface area contributed by atoms with Crippen molar-refractivity contribution >= 4 is 14.3 Å². The Balaban J connectivity index is 3.63. The van der Waals surface area contributed by atoms with E-state index < -0.39 is 14.3 Å². The van der Waals surface area contributed by atoms with Crippen LogP contribution in [0.15, 0.2) is 0 Å². The fourth-order valence-corrected chi connectivity index (χ4v) is 2.61. The predicted molar refractivity (Wildman–Crippen MR) is 46.2 cm³/mol. The second kappa shape index (κ2) is 4.51. The molecule has 66 valence electrons. The van der Waals surface area contributed by atoms with E-state index >= 15 is 0 Å². The van der Waals surface area contributed by atoms with E-state index in [1.54, 1.807) is 0 Å². The molecule has 0 aromatic carbocycles. The summed E-state index contributed by atoms with van der Waals surface area (Å²) >= 11 is 0. The number of carboxylic acid groups (broad SMARTS) is 1. The molecule has 0 fully saturated rings. The molecule has 0 aromatic heterocycles. The van der Waals surface area contributed by atoms with Crippen LogP contribution < -0.4 is 0 Å². The zero-order chi connectivity index (χ0) is 8.91. The molecule has 0 unspecified atom stereocenters. The summed E-state index contributed by atoms with van der Waals surface area (Å²) in [5, 5.41) is 8.41. The lowest BCUT2D eigenvalue weighted by molar-refractivity contribution is -0.136. The molecule has 4 heteroatoms. The number of carboxylic acids is 1. The summed E-state index contributed by atoms with van der Waals surface area (Å²) in [5.74, 6) is -0.731. The van der Waals surface area contributed by atoms with Crippen LogP contribution in [0.5, 0.6) is 0 Å². The second-order valence-electron chi connectivity index (χ2n) is 3.09. The van der Waals surface area contributed by atoms with Gasteiger partial charge in [-0.05, 0) is 26.1 Å². The first-order chi connectivity index (χ1) is 4.98. The molecule has 1 N–H and O–H groups in total. The first-order valence-corrected chi connectivity index (χ1v) is 6.95. The summed E-state index contributed by atoms with van der Waals surface area (Å²) in [4.78, 5) is 10.2. The van der Waals surface area contributed by atoms with E-state index in [0.29, 0.717) is 12.7 Å². The van der Waals surface area contributed by atoms with Gasteiger partial charge in [0.05, 0.1) is 0 Å². The smallest absolute Gasteiger partial charge is 0.303 e. The van der Waals surface area contributed by atoms with Gasteiger partial charge in [0.25, 0.3) is 0 Å². The highest BCUT2D eigenvalue weighted by molar-refractivity contribution is 6.71. The molecule has 0 heterocycles. The van der Waals surface area contributed by atoms with Crippen LogP contribution >= 0.6 is 0 Å². The Morgan fingerprint density at radius 2 is 2.09 bits per heavy atom. The van der Waals surface area contributed by atoms with Crippen LogP contribution in [0.4, 0.5) is 0 Å². The van der Waals surface area contributed by atoms with Gasteiger partial charge in [-0.3, -0.25) is 4.79 Å². The van der Waals surface area contributed by atoms with Crippen molar-refractivity contribution in [2.45, 2.75) is 32.5 Å². The SMILES string of the molecule is CCO[Si](C)(C)CCC(=O)O. The Labute approximate surface area is 68.5 Å². The van der Waals surface area contributed by atoms with Gasteiger partial charge in [-0.1, -0.05) is 0 Å². The first kappa shape index (κ1) is 10.6. The Kier molecular flexibility index (Phi) is 4.36. The van der Waals surface area contributed by atoms with Crippen LogP contribution in [-0.4, -0.2) is 26.0 Å². The van der Waals surface area contributed by atoms with Crippen molar-refractivity contribution in [2.24, 2.45) is 0 Å². The summed E-state index contributed by atoms with van der Waals surface area (Å²) in [7, 11) is -1.65. The van der Waals surface area contributed by atoms with Crippen molar-refractivity contribution < 1.29 is 14.3 Å². The van der Waals surface area contributed by atoms with E-state index in [0.717, 1.165) is 0 Å². The maximum Gasteiger partial charge on any atom is 0.303 e. The Hall–Kier alpha value is -0.353. The third kappa shape index (κ3) is 6.06. The van der Waals surface area contributed by atoms with Crippen molar-refractivity contribution in [1.82, 2.24) is 0 Å². The van der Waals surface area contributed by atoms with Crippen LogP contribution in [0.25, 0.3) is 0 Å². The molecule has 0 bridgehead atoms. The van der Waals surface area contributed by atoms with Gasteiger partial charge in [0.1, 0.15) is 0 Å². The molecule has 0 saturated heterocycles. The number of carbonyl (C=O) groups is 1. The van der Waals surface area contributed by atoms with Gasteiger partial charge in [-0.25, -0.2) is 0 Å². The molecular weight excluding hydrogens is 160 g/mol. The van der Waals surface area contributed by atoms with Crippen LogP contribution in [0, 0.1) is 0 Å². The lowest BCUT2D eigenvalue weighted by Crippen LogP contribution is -2.30. The minimum absolute atomic E-state index is 0.235. The van der Waals surface area contributed by atoms with Gasteiger partial charge < -0.3 is 9.53 Å². The van der Waals surface area contributed by atoms with Crippen molar-refractivity contribution in [3.8, 4) is 0 Å². The molecule has 3 nitrogen and oxygen atoms in total. The van der Waals surface area contributed by atoms with Gasteiger partial charge in [-0.15, -0.1) is 0 Å². The third-order valence-electron chi connectivity index (χ3n) is 1.48. The maximum atomic E-state index is 10.2. The lowest BCUT2D eigenvalue weighted by atomic mass is 10.5. The molecule has 0 aliphatic heterocycles. The van der Waals surface area contributed by atoms with E-state index in [2.05, 4.69) is 0 Å². The van der Waals surface area contributed by atoms with Gasteiger partial charge in [0.2, 0.25) is 0 Å². The Morgan fingerprint density at radius 1 is 1.55 bits per heavy atom. The summed E-state index contributed by atoms with van der Waals surface area (Å²) in [6, 6.07) is 0.705. The Morgan fingerprint density at radius 3 is 2.45 bits per heavy atom. The largest absolute Gasteiger partial charge is 0.481 e. The quantitative estimate of drug-likeness (QED) is 0.649. The minimum atomic E-state index is -1.65. The van der Waals surface area contributed by atoms with E-state index in [-0.39, 0.29) is 6.42 Å². The molecule has 0 aromatic rings. The highest BCUT2D eigenvalue weighted by Gasteiger charge is 2.22. The summed E-state index contributed by atoms with van der Waals surface area (Å²) < 4.78 is 5.46. The van der Waals surface area contributed by atoms with Gasteiger partial charge in [0, 0.05) is 13.0 Å². The number of rotatable bonds is 5. The average molecular weight is 176 g/mol. The highest BCUT2D eigenvalue weighted by atomic mass is 28.4. The summed E-state index contributed by atoms with van der Waals surface area (Å²) in [6.45, 7) is 6.72. The molecule has 0 atom stereocenters. The molecule has 0 aliphatic carbocycles. The van der Waals surface area contributed by atoms with Crippen molar-refractivity contribution in [3.05, 3.63) is 0 Å². The van der Waals surface area contributed by atoms with Crippen molar-refractivity contribution in [1.29, 1.82) is 0 Å². The monoisotopic (exact) mass is 176 g/mol. The second-order valence-corrected chi connectivity index (χ2v) is 7.39. The van der Waals surface area contributed by atoms with Crippen LogP contribution in [0.1, 0.15) is 13.3 Å². The topological polar surface area (TPSA) is 46.5 Å². The Bertz CT molecular complexity index is 134. The van der Waals surface area contributed by atoms with Crippen LogP contribution in [0.2, 0.25) is 19.1 Å². The number of hydrogen-bond acceptors (Lipinski definition) is 2. The molecule has 0 saturated carbocycles. The van der Waals surface area contributed by atoms with Gasteiger partial charge in [0.15, 0.2) is 8.32 Å². The van der Waals surface area contributed by atoms with E-state index in [1.807, 2.05) is 20.0 Å². The summed E-state index contributed by atoms with van der Waals surface area (Å²) in [6.07, 6.45) is 0.235. The fourth-order valence-electron chi connectivity index (χ4n) is 0.871. The molecule has 0 spiro atoms. The number of hydrogen-bond donors (Lipinski definition) is 1. The predicted octanol–water partition coefficient (Wildman–Crippen LogP) is 1.70. The summed E-state index contributed by atoms with van der Waals surface area (Å²) in [5.41, 5.74) is 0. The van der Waals surface area contributed by atoms with Crippen molar-refractivity contribution in [3.63, 3.8) is 0 Å². The zero-order valence-electron chi connectivity index (χ0n) is 7.39. The molecular formula is C7H16O3Si. The lowest BCUT2D eigenvalue weighted by Gasteiger charge is -2.20. The van der Waals surface area contributed by atoms with E-state index in [4.69, 9.17) is 9.53 Å². The normalized spacial score (nSPS) is 11.5. The molecule has 0 rings (SSSR count). The molecule has 0 aliphatic rings. The maximum absolute atomic E-state index is 10.2. The average Bonchev–Trinajstić information content (AvgIpc) is 1.84. The van der Waals surface area contributed by atoms with E-state index in [1.165, 1.54) is 0 Å².